The van der Waals surface area contributed by atoms with Crippen LogP contribution in [-0.2, 0) is 4.79 Å². The van der Waals surface area contributed by atoms with E-state index in [1.165, 1.54) is 0 Å². The fraction of sp³-hybridized carbons (Fsp3) is 0.533. The molecule has 2 rings (SSSR count). The van der Waals surface area contributed by atoms with Gasteiger partial charge in [0.05, 0.1) is 6.10 Å². The number of hydrogen-bond acceptors (Lipinski definition) is 3. The minimum Gasteiger partial charge on any atom is -0.393 e. The molecular formula is C15H22N2O2. The van der Waals surface area contributed by atoms with Gasteiger partial charge in [0.1, 0.15) is 6.04 Å². The topological polar surface area (TPSA) is 66.6 Å². The number of aryl methyl sites for hydroxylation is 1. The Balaban J connectivity index is 1.92. The van der Waals surface area contributed by atoms with Crippen LogP contribution in [-0.4, -0.2) is 35.6 Å². The molecular weight excluding hydrogens is 240 g/mol. The highest BCUT2D eigenvalue weighted by molar-refractivity contribution is 5.82. The Kier molecular flexibility index (Phi) is 4.22. The smallest absolute Gasteiger partial charge is 0.243 e. The number of hydrogen-bond donors (Lipinski definition) is 2. The Bertz CT molecular complexity index is 438. The van der Waals surface area contributed by atoms with Gasteiger partial charge in [-0.1, -0.05) is 29.8 Å². The van der Waals surface area contributed by atoms with Crippen LogP contribution in [0.25, 0.3) is 0 Å². The maximum absolute atomic E-state index is 12.2. The van der Waals surface area contributed by atoms with Gasteiger partial charge in [0, 0.05) is 13.6 Å². The number of nitrogens with zero attached hydrogens (tertiary/aromatic N) is 1. The second kappa shape index (κ2) is 5.72. The molecule has 0 radical (unpaired) electrons. The maximum Gasteiger partial charge on any atom is 0.243 e. The van der Waals surface area contributed by atoms with Crippen molar-refractivity contribution in [2.24, 2.45) is 11.7 Å². The quantitative estimate of drug-likeness (QED) is 0.857. The van der Waals surface area contributed by atoms with Crippen molar-refractivity contribution < 1.29 is 9.90 Å². The molecule has 1 aromatic rings. The predicted molar refractivity (Wildman–Crippen MR) is 74.5 cm³/mol. The minimum atomic E-state index is -0.601. The van der Waals surface area contributed by atoms with Gasteiger partial charge in [0.15, 0.2) is 0 Å². The highest BCUT2D eigenvalue weighted by Crippen LogP contribution is 2.28. The Labute approximate surface area is 114 Å². The van der Waals surface area contributed by atoms with Gasteiger partial charge in [-0.05, 0) is 31.2 Å². The van der Waals surface area contributed by atoms with E-state index in [2.05, 4.69) is 0 Å². The lowest BCUT2D eigenvalue weighted by Gasteiger charge is -2.35. The van der Waals surface area contributed by atoms with Crippen LogP contribution in [0.15, 0.2) is 24.3 Å². The number of carbonyl (C=O) groups is 1. The summed E-state index contributed by atoms with van der Waals surface area (Å²) in [5, 5.41) is 9.25. The summed E-state index contributed by atoms with van der Waals surface area (Å²) in [6.07, 6.45) is 1.40. The van der Waals surface area contributed by atoms with E-state index in [1.54, 1.807) is 11.9 Å². The molecule has 0 bridgehead atoms. The van der Waals surface area contributed by atoms with Crippen molar-refractivity contribution >= 4 is 5.91 Å². The van der Waals surface area contributed by atoms with Crippen LogP contribution in [0.3, 0.4) is 0 Å². The molecule has 1 aromatic carbocycles. The zero-order valence-electron chi connectivity index (χ0n) is 11.5. The molecule has 1 aliphatic rings. The summed E-state index contributed by atoms with van der Waals surface area (Å²) in [4.78, 5) is 13.9. The van der Waals surface area contributed by atoms with E-state index in [0.717, 1.165) is 24.0 Å². The molecule has 0 heterocycles. The molecule has 19 heavy (non-hydrogen) atoms. The molecule has 1 fully saturated rings. The van der Waals surface area contributed by atoms with Crippen molar-refractivity contribution in [1.82, 2.24) is 4.90 Å². The number of aliphatic hydroxyl groups is 1. The normalized spacial score (nSPS) is 23.6. The van der Waals surface area contributed by atoms with Crippen molar-refractivity contribution in [3.05, 3.63) is 35.4 Å². The molecule has 1 atom stereocenters. The Morgan fingerprint density at radius 2 is 2.00 bits per heavy atom. The lowest BCUT2D eigenvalue weighted by Crippen LogP contribution is -2.42. The molecule has 0 saturated heterocycles. The molecule has 4 heteroatoms. The fourth-order valence-corrected chi connectivity index (χ4v) is 2.48. The Hall–Kier alpha value is -1.39. The zero-order chi connectivity index (χ0) is 14.0. The average molecular weight is 262 g/mol. The first kappa shape index (κ1) is 14.0. The van der Waals surface area contributed by atoms with Crippen molar-refractivity contribution in [3.8, 4) is 0 Å². The molecule has 0 aliphatic heterocycles. The van der Waals surface area contributed by atoms with Crippen molar-refractivity contribution in [2.75, 3.05) is 13.6 Å². The Morgan fingerprint density at radius 1 is 1.42 bits per heavy atom. The van der Waals surface area contributed by atoms with E-state index in [9.17, 15) is 9.90 Å². The van der Waals surface area contributed by atoms with Crippen LogP contribution in [0.2, 0.25) is 0 Å². The maximum atomic E-state index is 12.2. The largest absolute Gasteiger partial charge is 0.393 e. The third kappa shape index (κ3) is 3.33. The summed E-state index contributed by atoms with van der Waals surface area (Å²) in [5.41, 5.74) is 8.01. The third-order valence-corrected chi connectivity index (χ3v) is 3.82. The number of likely N-dealkylation sites (N-methyl/N-ethyl adjacent to an activating group) is 1. The van der Waals surface area contributed by atoms with Crippen LogP contribution in [0.4, 0.5) is 0 Å². The summed E-state index contributed by atoms with van der Waals surface area (Å²) in [5.74, 6) is 0.347. The van der Waals surface area contributed by atoms with E-state index in [1.807, 2.05) is 31.2 Å². The van der Waals surface area contributed by atoms with E-state index in [0.29, 0.717) is 12.5 Å². The van der Waals surface area contributed by atoms with E-state index in [4.69, 9.17) is 5.73 Å². The van der Waals surface area contributed by atoms with Gasteiger partial charge in [0.25, 0.3) is 0 Å². The number of nitrogens with two attached hydrogens (primary N) is 1. The average Bonchev–Trinajstić information content (AvgIpc) is 2.36. The van der Waals surface area contributed by atoms with Gasteiger partial charge in [-0.15, -0.1) is 0 Å². The molecule has 1 aliphatic carbocycles. The Morgan fingerprint density at radius 3 is 2.53 bits per heavy atom. The third-order valence-electron chi connectivity index (χ3n) is 3.82. The number of benzene rings is 1. The van der Waals surface area contributed by atoms with Crippen molar-refractivity contribution in [1.29, 1.82) is 0 Å². The van der Waals surface area contributed by atoms with Gasteiger partial charge >= 0.3 is 0 Å². The second-order valence-corrected chi connectivity index (χ2v) is 5.60. The number of rotatable bonds is 4. The van der Waals surface area contributed by atoms with Gasteiger partial charge in [-0.25, -0.2) is 0 Å². The summed E-state index contributed by atoms with van der Waals surface area (Å²) >= 11 is 0. The SMILES string of the molecule is Cc1ccc(C(N)C(=O)N(C)CC2CC(O)C2)cc1. The van der Waals surface area contributed by atoms with Gasteiger partial charge in [0.2, 0.25) is 5.91 Å². The molecule has 104 valence electrons. The molecule has 1 saturated carbocycles. The van der Waals surface area contributed by atoms with Crippen LogP contribution < -0.4 is 5.73 Å². The summed E-state index contributed by atoms with van der Waals surface area (Å²) in [7, 11) is 1.78. The molecule has 1 unspecified atom stereocenters. The lowest BCUT2D eigenvalue weighted by atomic mass is 9.82. The first-order valence-electron chi connectivity index (χ1n) is 6.72. The fourth-order valence-electron chi connectivity index (χ4n) is 2.48. The first-order chi connectivity index (χ1) is 8.97. The molecule has 3 N–H and O–H groups in total. The standard InChI is InChI=1S/C15H22N2O2/c1-10-3-5-12(6-4-10)14(16)15(19)17(2)9-11-7-13(18)8-11/h3-6,11,13-14,18H,7-9,16H2,1-2H3. The molecule has 1 amide bonds. The predicted octanol–water partition coefficient (Wildman–Crippen LogP) is 1.22. The highest BCUT2D eigenvalue weighted by Gasteiger charge is 2.30. The zero-order valence-corrected chi connectivity index (χ0v) is 11.5. The summed E-state index contributed by atoms with van der Waals surface area (Å²) in [6, 6.07) is 7.13. The first-order valence-corrected chi connectivity index (χ1v) is 6.72. The van der Waals surface area contributed by atoms with Crippen LogP contribution in [0.5, 0.6) is 0 Å². The molecule has 0 aromatic heterocycles. The van der Waals surface area contributed by atoms with E-state index >= 15 is 0 Å². The number of amides is 1. The van der Waals surface area contributed by atoms with E-state index < -0.39 is 6.04 Å². The minimum absolute atomic E-state index is 0.0646. The number of carbonyl (C=O) groups excluding carboxylic acids is 1. The van der Waals surface area contributed by atoms with Gasteiger partial charge in [-0.3, -0.25) is 4.79 Å². The lowest BCUT2D eigenvalue weighted by molar-refractivity contribution is -0.133. The van der Waals surface area contributed by atoms with Gasteiger partial charge in [-0.2, -0.15) is 0 Å². The second-order valence-electron chi connectivity index (χ2n) is 5.60. The van der Waals surface area contributed by atoms with Crippen LogP contribution in [0.1, 0.15) is 30.0 Å². The summed E-state index contributed by atoms with van der Waals surface area (Å²) < 4.78 is 0. The summed E-state index contributed by atoms with van der Waals surface area (Å²) in [6.45, 7) is 2.68. The van der Waals surface area contributed by atoms with Crippen molar-refractivity contribution in [3.63, 3.8) is 0 Å². The monoisotopic (exact) mass is 262 g/mol. The molecule has 0 spiro atoms. The van der Waals surface area contributed by atoms with Crippen LogP contribution in [0, 0.1) is 12.8 Å². The molecule has 4 nitrogen and oxygen atoms in total. The van der Waals surface area contributed by atoms with E-state index in [-0.39, 0.29) is 12.0 Å². The highest BCUT2D eigenvalue weighted by atomic mass is 16.3. The van der Waals surface area contributed by atoms with Crippen LogP contribution >= 0.6 is 0 Å². The van der Waals surface area contributed by atoms with Crippen molar-refractivity contribution in [2.45, 2.75) is 31.9 Å². The number of aliphatic hydroxyl groups excluding tert-OH is 1. The van der Waals surface area contributed by atoms with Gasteiger partial charge < -0.3 is 15.7 Å².